The monoisotopic (exact) mass is 332 g/mol. The van der Waals surface area contributed by atoms with Crippen LogP contribution >= 0.6 is 38.9 Å². The van der Waals surface area contributed by atoms with Crippen LogP contribution < -0.4 is 0 Å². The normalized spacial score (nSPS) is 13.1. The lowest BCUT2D eigenvalue weighted by Crippen LogP contribution is -1.94. The molecule has 2 rings (SSSR count). The summed E-state index contributed by atoms with van der Waals surface area (Å²) in [5.74, 6) is 1.87. The van der Waals surface area contributed by atoms with Crippen molar-refractivity contribution in [3.8, 4) is 0 Å². The first kappa shape index (κ1) is 13.2. The Balaban J connectivity index is 2.50. The first-order valence-electron chi connectivity index (χ1n) is 5.38. The van der Waals surface area contributed by atoms with Crippen LogP contribution in [0.1, 0.15) is 37.8 Å². The van der Waals surface area contributed by atoms with E-state index in [9.17, 15) is 0 Å². The minimum Gasteiger partial charge on any atom is -0.466 e. The average molecular weight is 334 g/mol. The maximum atomic E-state index is 6.59. The molecule has 0 aliphatic rings. The minimum absolute atomic E-state index is 0.138. The molecule has 92 valence electrons. The lowest BCUT2D eigenvalue weighted by molar-refractivity contribution is 0.500. The Kier molecular flexibility index (Phi) is 3.71. The first-order chi connectivity index (χ1) is 7.91. The lowest BCUT2D eigenvalue weighted by atomic mass is 10.1. The van der Waals surface area contributed by atoms with Crippen LogP contribution in [0.5, 0.6) is 0 Å². The molecule has 17 heavy (non-hydrogen) atoms. The van der Waals surface area contributed by atoms with Crippen LogP contribution in [0.2, 0.25) is 0 Å². The van der Waals surface area contributed by atoms with Gasteiger partial charge >= 0.3 is 0 Å². The van der Waals surface area contributed by atoms with Crippen molar-refractivity contribution in [2.24, 2.45) is 0 Å². The van der Waals surface area contributed by atoms with Gasteiger partial charge in [0.25, 0.3) is 0 Å². The van der Waals surface area contributed by atoms with Gasteiger partial charge in [-0.25, -0.2) is 0 Å². The van der Waals surface area contributed by atoms with E-state index in [1.54, 1.807) is 11.3 Å². The third-order valence-corrected chi connectivity index (χ3v) is 5.54. The Labute approximate surface area is 119 Å². The number of alkyl halides is 1. The predicted molar refractivity (Wildman–Crippen MR) is 77.4 cm³/mol. The first-order valence-corrected chi connectivity index (χ1v) is 7.42. The molecular weight excluding hydrogens is 320 g/mol. The summed E-state index contributed by atoms with van der Waals surface area (Å²) in [6, 6.07) is 2.10. The summed E-state index contributed by atoms with van der Waals surface area (Å²) in [7, 11) is 0. The highest BCUT2D eigenvalue weighted by molar-refractivity contribution is 9.10. The third kappa shape index (κ3) is 2.33. The molecule has 0 aliphatic carbocycles. The number of aryl methyl sites for hydroxylation is 3. The van der Waals surface area contributed by atoms with Crippen molar-refractivity contribution in [1.29, 1.82) is 0 Å². The van der Waals surface area contributed by atoms with Crippen LogP contribution in [0, 0.1) is 27.7 Å². The zero-order valence-corrected chi connectivity index (χ0v) is 13.4. The van der Waals surface area contributed by atoms with Crippen molar-refractivity contribution in [3.05, 3.63) is 42.9 Å². The maximum Gasteiger partial charge on any atom is 0.106 e. The largest absolute Gasteiger partial charge is 0.466 e. The third-order valence-electron chi connectivity index (χ3n) is 2.94. The molecule has 0 saturated heterocycles. The fourth-order valence-electron chi connectivity index (χ4n) is 1.99. The quantitative estimate of drug-likeness (QED) is 0.646. The molecule has 0 aliphatic heterocycles. The average Bonchev–Trinajstić information content (AvgIpc) is 2.68. The highest BCUT2D eigenvalue weighted by Crippen LogP contribution is 2.42. The van der Waals surface area contributed by atoms with E-state index in [1.165, 1.54) is 4.88 Å². The molecule has 2 heterocycles. The summed E-state index contributed by atoms with van der Waals surface area (Å²) in [6.45, 7) is 8.09. The number of rotatable bonds is 2. The van der Waals surface area contributed by atoms with E-state index in [1.807, 2.05) is 13.8 Å². The van der Waals surface area contributed by atoms with Crippen molar-refractivity contribution in [2.45, 2.75) is 33.1 Å². The molecule has 2 aromatic heterocycles. The number of furan rings is 1. The molecule has 2 aromatic rings. The van der Waals surface area contributed by atoms with Gasteiger partial charge in [0, 0.05) is 19.8 Å². The summed E-state index contributed by atoms with van der Waals surface area (Å²) < 4.78 is 6.72. The van der Waals surface area contributed by atoms with Gasteiger partial charge in [-0.2, -0.15) is 0 Å². The Bertz CT molecular complexity index is 556. The van der Waals surface area contributed by atoms with Crippen molar-refractivity contribution in [1.82, 2.24) is 0 Å². The van der Waals surface area contributed by atoms with Gasteiger partial charge in [-0.3, -0.25) is 0 Å². The summed E-state index contributed by atoms with van der Waals surface area (Å²) in [5.41, 5.74) is 2.26. The van der Waals surface area contributed by atoms with Crippen LogP contribution in [0.4, 0.5) is 0 Å². The zero-order valence-electron chi connectivity index (χ0n) is 10.2. The van der Waals surface area contributed by atoms with Gasteiger partial charge in [-0.15, -0.1) is 22.9 Å². The second kappa shape index (κ2) is 4.79. The maximum absolute atomic E-state index is 6.59. The van der Waals surface area contributed by atoms with Gasteiger partial charge in [0.1, 0.15) is 11.5 Å². The molecule has 0 amide bonds. The summed E-state index contributed by atoms with van der Waals surface area (Å²) in [4.78, 5) is 2.41. The summed E-state index contributed by atoms with van der Waals surface area (Å²) in [6.07, 6.45) is 0. The van der Waals surface area contributed by atoms with Crippen LogP contribution in [0.3, 0.4) is 0 Å². The fourth-order valence-corrected chi connectivity index (χ4v) is 4.56. The molecule has 1 nitrogen and oxygen atoms in total. The molecule has 0 radical (unpaired) electrons. The van der Waals surface area contributed by atoms with E-state index < -0.39 is 0 Å². The highest BCUT2D eigenvalue weighted by atomic mass is 79.9. The van der Waals surface area contributed by atoms with E-state index >= 15 is 0 Å². The molecule has 0 spiro atoms. The lowest BCUT2D eigenvalue weighted by Gasteiger charge is -2.08. The van der Waals surface area contributed by atoms with Gasteiger partial charge in [0.05, 0.1) is 5.38 Å². The molecule has 0 fully saturated rings. The van der Waals surface area contributed by atoms with E-state index in [-0.39, 0.29) is 5.38 Å². The zero-order chi connectivity index (χ0) is 12.7. The number of thiophene rings is 1. The Hall–Kier alpha value is -0.250. The fraction of sp³-hybridized carbons (Fsp3) is 0.385. The van der Waals surface area contributed by atoms with Gasteiger partial charge in [-0.1, -0.05) is 0 Å². The predicted octanol–water partition coefficient (Wildman–Crippen LogP) is 5.67. The van der Waals surface area contributed by atoms with Crippen LogP contribution in [-0.2, 0) is 0 Å². The molecule has 1 unspecified atom stereocenters. The van der Waals surface area contributed by atoms with Crippen molar-refractivity contribution in [2.75, 3.05) is 0 Å². The number of hydrogen-bond acceptors (Lipinski definition) is 2. The van der Waals surface area contributed by atoms with E-state index in [4.69, 9.17) is 16.0 Å². The van der Waals surface area contributed by atoms with Crippen molar-refractivity contribution >= 4 is 38.9 Å². The topological polar surface area (TPSA) is 13.1 Å². The van der Waals surface area contributed by atoms with E-state index in [2.05, 4.69) is 35.8 Å². The molecule has 0 saturated carbocycles. The standard InChI is InChI=1S/C13H14BrClOS/c1-6-5-10(14)13(17-6)12(15)11-7(2)8(3)16-9(11)4/h5,12H,1-4H3. The number of halogens is 2. The highest BCUT2D eigenvalue weighted by Gasteiger charge is 2.23. The molecule has 0 bridgehead atoms. The Morgan fingerprint density at radius 2 is 1.88 bits per heavy atom. The SMILES string of the molecule is Cc1cc(Br)c(C(Cl)c2c(C)oc(C)c2C)s1. The van der Waals surface area contributed by atoms with Gasteiger partial charge in [0.15, 0.2) is 0 Å². The van der Waals surface area contributed by atoms with Gasteiger partial charge < -0.3 is 4.42 Å². The summed E-state index contributed by atoms with van der Waals surface area (Å²) in [5, 5.41) is -0.138. The van der Waals surface area contributed by atoms with Gasteiger partial charge in [0.2, 0.25) is 0 Å². The molecule has 4 heteroatoms. The van der Waals surface area contributed by atoms with E-state index in [0.717, 1.165) is 32.0 Å². The molecular formula is C13H14BrClOS. The second-order valence-electron chi connectivity index (χ2n) is 4.18. The molecule has 0 N–H and O–H groups in total. The van der Waals surface area contributed by atoms with E-state index in [0.29, 0.717) is 0 Å². The van der Waals surface area contributed by atoms with Crippen molar-refractivity contribution in [3.63, 3.8) is 0 Å². The Morgan fingerprint density at radius 1 is 1.24 bits per heavy atom. The molecule has 0 aromatic carbocycles. The summed E-state index contributed by atoms with van der Waals surface area (Å²) >= 11 is 11.9. The van der Waals surface area contributed by atoms with Crippen LogP contribution in [0.25, 0.3) is 0 Å². The second-order valence-corrected chi connectivity index (χ2v) is 6.76. The van der Waals surface area contributed by atoms with Crippen LogP contribution in [-0.4, -0.2) is 0 Å². The van der Waals surface area contributed by atoms with Crippen LogP contribution in [0.15, 0.2) is 15.0 Å². The smallest absolute Gasteiger partial charge is 0.106 e. The van der Waals surface area contributed by atoms with Crippen molar-refractivity contribution < 1.29 is 4.42 Å². The minimum atomic E-state index is -0.138. The molecule has 1 atom stereocenters. The van der Waals surface area contributed by atoms with Gasteiger partial charge in [-0.05, 0) is 55.3 Å². The Morgan fingerprint density at radius 3 is 2.29 bits per heavy atom. The number of hydrogen-bond donors (Lipinski definition) is 0.